The zero-order valence-electron chi connectivity index (χ0n) is 13.4. The predicted octanol–water partition coefficient (Wildman–Crippen LogP) is 4.05. The van der Waals surface area contributed by atoms with Gasteiger partial charge >= 0.3 is 5.97 Å². The van der Waals surface area contributed by atoms with E-state index in [9.17, 15) is 9.18 Å². The topological polar surface area (TPSA) is 48.4 Å². The van der Waals surface area contributed by atoms with E-state index in [0.29, 0.717) is 16.8 Å². The number of carbonyl (C=O) groups is 1. The highest BCUT2D eigenvalue weighted by Gasteiger charge is 2.14. The Kier molecular flexibility index (Phi) is 4.42. The number of carbonyl (C=O) groups excluding carboxylic acids is 1. The minimum Gasteiger partial charge on any atom is -0.488 e. The van der Waals surface area contributed by atoms with Crippen molar-refractivity contribution in [1.29, 1.82) is 0 Å². The SMILES string of the molecule is COC(=O)c1cc(OCc2ccccc2F)c2cc(C)ccc2n1. The summed E-state index contributed by atoms with van der Waals surface area (Å²) >= 11 is 0. The summed E-state index contributed by atoms with van der Waals surface area (Å²) in [6.45, 7) is 2.01. The van der Waals surface area contributed by atoms with E-state index in [2.05, 4.69) is 4.98 Å². The Labute approximate surface area is 138 Å². The van der Waals surface area contributed by atoms with Crippen LogP contribution in [-0.4, -0.2) is 18.1 Å². The molecule has 2 aromatic carbocycles. The van der Waals surface area contributed by atoms with Crippen molar-refractivity contribution in [3.63, 3.8) is 0 Å². The predicted molar refractivity (Wildman–Crippen MR) is 88.6 cm³/mol. The Hall–Kier alpha value is -2.95. The normalized spacial score (nSPS) is 10.6. The molecule has 5 heteroatoms. The molecule has 0 saturated carbocycles. The van der Waals surface area contributed by atoms with E-state index >= 15 is 0 Å². The van der Waals surface area contributed by atoms with Gasteiger partial charge in [-0.2, -0.15) is 0 Å². The zero-order chi connectivity index (χ0) is 17.1. The molecule has 0 aliphatic carbocycles. The minimum absolute atomic E-state index is 0.0559. The van der Waals surface area contributed by atoms with Gasteiger partial charge in [-0.3, -0.25) is 0 Å². The molecule has 0 aliphatic rings. The second-order valence-corrected chi connectivity index (χ2v) is 5.40. The molecule has 3 aromatic rings. The van der Waals surface area contributed by atoms with Crippen LogP contribution in [0.1, 0.15) is 21.6 Å². The fourth-order valence-corrected chi connectivity index (χ4v) is 2.41. The fourth-order valence-electron chi connectivity index (χ4n) is 2.41. The highest BCUT2D eigenvalue weighted by atomic mass is 19.1. The van der Waals surface area contributed by atoms with E-state index in [1.807, 2.05) is 25.1 Å². The molecule has 0 unspecified atom stereocenters. The number of aryl methyl sites for hydroxylation is 1. The summed E-state index contributed by atoms with van der Waals surface area (Å²) in [4.78, 5) is 16.1. The molecule has 0 fully saturated rings. The van der Waals surface area contributed by atoms with Crippen molar-refractivity contribution >= 4 is 16.9 Å². The molecule has 3 rings (SSSR count). The number of pyridine rings is 1. The van der Waals surface area contributed by atoms with Gasteiger partial charge in [0.1, 0.15) is 18.2 Å². The lowest BCUT2D eigenvalue weighted by Gasteiger charge is -2.12. The van der Waals surface area contributed by atoms with Crippen molar-refractivity contribution in [2.75, 3.05) is 7.11 Å². The second kappa shape index (κ2) is 6.66. The third-order valence-corrected chi connectivity index (χ3v) is 3.66. The van der Waals surface area contributed by atoms with Gasteiger partial charge in [-0.1, -0.05) is 29.8 Å². The molecular formula is C19H16FNO3. The van der Waals surface area contributed by atoms with E-state index in [4.69, 9.17) is 9.47 Å². The Bertz CT molecular complexity index is 908. The van der Waals surface area contributed by atoms with Gasteiger partial charge in [-0.25, -0.2) is 14.2 Å². The van der Waals surface area contributed by atoms with Crippen molar-refractivity contribution in [2.45, 2.75) is 13.5 Å². The maximum absolute atomic E-state index is 13.8. The van der Waals surface area contributed by atoms with E-state index in [-0.39, 0.29) is 18.1 Å². The number of hydrogen-bond acceptors (Lipinski definition) is 4. The molecular weight excluding hydrogens is 309 g/mol. The quantitative estimate of drug-likeness (QED) is 0.679. The molecule has 0 saturated heterocycles. The van der Waals surface area contributed by atoms with E-state index < -0.39 is 5.97 Å². The molecule has 1 heterocycles. The van der Waals surface area contributed by atoms with E-state index in [1.165, 1.54) is 19.2 Å². The number of benzene rings is 2. The Morgan fingerprint density at radius 3 is 2.71 bits per heavy atom. The lowest BCUT2D eigenvalue weighted by atomic mass is 10.1. The highest BCUT2D eigenvalue weighted by Crippen LogP contribution is 2.28. The smallest absolute Gasteiger partial charge is 0.356 e. The van der Waals surface area contributed by atoms with Gasteiger partial charge < -0.3 is 9.47 Å². The third kappa shape index (κ3) is 3.20. The largest absolute Gasteiger partial charge is 0.488 e. The van der Waals surface area contributed by atoms with Crippen molar-refractivity contribution in [3.8, 4) is 5.75 Å². The van der Waals surface area contributed by atoms with Crippen LogP contribution in [0.3, 0.4) is 0 Å². The standard InChI is InChI=1S/C19H16FNO3/c1-12-7-8-16-14(9-12)18(10-17(21-16)19(22)23-2)24-11-13-5-3-4-6-15(13)20/h3-10H,11H2,1-2H3. The average Bonchev–Trinajstić information content (AvgIpc) is 2.60. The third-order valence-electron chi connectivity index (χ3n) is 3.66. The molecule has 0 N–H and O–H groups in total. The van der Waals surface area contributed by atoms with Gasteiger partial charge in [0.15, 0.2) is 5.69 Å². The number of hydrogen-bond donors (Lipinski definition) is 0. The number of methoxy groups -OCH3 is 1. The van der Waals surface area contributed by atoms with Gasteiger partial charge in [0.25, 0.3) is 0 Å². The molecule has 0 atom stereocenters. The lowest BCUT2D eigenvalue weighted by Crippen LogP contribution is -2.06. The monoisotopic (exact) mass is 325 g/mol. The highest BCUT2D eigenvalue weighted by molar-refractivity contribution is 5.94. The maximum Gasteiger partial charge on any atom is 0.356 e. The molecule has 122 valence electrons. The van der Waals surface area contributed by atoms with Gasteiger partial charge in [0.05, 0.1) is 12.6 Å². The molecule has 0 amide bonds. The summed E-state index contributed by atoms with van der Waals surface area (Å²) in [7, 11) is 1.29. The summed E-state index contributed by atoms with van der Waals surface area (Å²) in [5.74, 6) is -0.416. The fraction of sp³-hybridized carbons (Fsp3) is 0.158. The first kappa shape index (κ1) is 15.9. The van der Waals surface area contributed by atoms with Gasteiger partial charge in [-0.05, 0) is 25.1 Å². The number of aromatic nitrogens is 1. The average molecular weight is 325 g/mol. The van der Waals surface area contributed by atoms with E-state index in [1.54, 1.807) is 18.2 Å². The second-order valence-electron chi connectivity index (χ2n) is 5.40. The molecule has 24 heavy (non-hydrogen) atoms. The van der Waals surface area contributed by atoms with Crippen LogP contribution in [0.2, 0.25) is 0 Å². The van der Waals surface area contributed by atoms with Gasteiger partial charge in [0, 0.05) is 17.0 Å². The Balaban J connectivity index is 2.02. The number of fused-ring (bicyclic) bond motifs is 1. The van der Waals surface area contributed by atoms with Crippen molar-refractivity contribution in [2.24, 2.45) is 0 Å². The Morgan fingerprint density at radius 1 is 1.17 bits per heavy atom. The summed E-state index contributed by atoms with van der Waals surface area (Å²) < 4.78 is 24.3. The van der Waals surface area contributed by atoms with Crippen molar-refractivity contribution in [3.05, 3.63) is 71.2 Å². The molecule has 1 aromatic heterocycles. The summed E-state index contributed by atoms with van der Waals surface area (Å²) in [5, 5.41) is 0.763. The summed E-state index contributed by atoms with van der Waals surface area (Å²) in [5.41, 5.74) is 2.24. The minimum atomic E-state index is -0.548. The molecule has 0 aliphatic heterocycles. The van der Waals surface area contributed by atoms with Crippen molar-refractivity contribution < 1.29 is 18.7 Å². The van der Waals surface area contributed by atoms with Crippen LogP contribution in [0.4, 0.5) is 4.39 Å². The van der Waals surface area contributed by atoms with Gasteiger partial charge in [-0.15, -0.1) is 0 Å². The van der Waals surface area contributed by atoms with Crippen LogP contribution in [-0.2, 0) is 11.3 Å². The van der Waals surface area contributed by atoms with Crippen molar-refractivity contribution in [1.82, 2.24) is 4.98 Å². The lowest BCUT2D eigenvalue weighted by molar-refractivity contribution is 0.0594. The molecule has 0 bridgehead atoms. The summed E-state index contributed by atoms with van der Waals surface area (Å²) in [6, 6.07) is 13.6. The number of halogens is 1. The number of ether oxygens (including phenoxy) is 2. The maximum atomic E-state index is 13.8. The molecule has 0 radical (unpaired) electrons. The first-order chi connectivity index (χ1) is 11.6. The van der Waals surface area contributed by atoms with Crippen LogP contribution in [0.25, 0.3) is 10.9 Å². The van der Waals surface area contributed by atoms with Crippen LogP contribution in [0, 0.1) is 12.7 Å². The molecule has 4 nitrogen and oxygen atoms in total. The number of esters is 1. The van der Waals surface area contributed by atoms with Crippen LogP contribution < -0.4 is 4.74 Å². The van der Waals surface area contributed by atoms with Crippen LogP contribution in [0.15, 0.2) is 48.5 Å². The summed E-state index contributed by atoms with van der Waals surface area (Å²) in [6.07, 6.45) is 0. The van der Waals surface area contributed by atoms with E-state index in [0.717, 1.165) is 10.9 Å². The van der Waals surface area contributed by atoms with Gasteiger partial charge in [0.2, 0.25) is 0 Å². The zero-order valence-corrected chi connectivity index (χ0v) is 13.4. The first-order valence-corrected chi connectivity index (χ1v) is 7.44. The molecule has 0 spiro atoms. The first-order valence-electron chi connectivity index (χ1n) is 7.44. The van der Waals surface area contributed by atoms with Crippen LogP contribution in [0.5, 0.6) is 5.75 Å². The number of nitrogens with zero attached hydrogens (tertiary/aromatic N) is 1. The van der Waals surface area contributed by atoms with Crippen LogP contribution >= 0.6 is 0 Å². The Morgan fingerprint density at radius 2 is 1.96 bits per heavy atom. The number of rotatable bonds is 4.